The Balaban J connectivity index is 2.07. The summed E-state index contributed by atoms with van der Waals surface area (Å²) in [5.41, 5.74) is 1.65. The van der Waals surface area contributed by atoms with E-state index >= 15 is 0 Å². The van der Waals surface area contributed by atoms with Crippen LogP contribution in [0.5, 0.6) is 5.88 Å². The second-order valence-corrected chi connectivity index (χ2v) is 3.33. The number of aliphatic hydroxyl groups excluding tert-OH is 1. The molecule has 0 amide bonds. The quantitative estimate of drug-likeness (QED) is 0.769. The zero-order valence-electron chi connectivity index (χ0n) is 8.06. The van der Waals surface area contributed by atoms with Gasteiger partial charge >= 0.3 is 0 Å². The van der Waals surface area contributed by atoms with Gasteiger partial charge in [0.15, 0.2) is 0 Å². The van der Waals surface area contributed by atoms with E-state index in [0.717, 1.165) is 11.3 Å². The Bertz CT molecular complexity index is 323. The van der Waals surface area contributed by atoms with Gasteiger partial charge in [-0.1, -0.05) is 0 Å². The lowest BCUT2D eigenvalue weighted by Crippen LogP contribution is -2.38. The minimum atomic E-state index is 0.0195. The van der Waals surface area contributed by atoms with Crippen molar-refractivity contribution in [2.75, 3.05) is 13.2 Å². The Morgan fingerprint density at radius 1 is 1.57 bits per heavy atom. The lowest BCUT2D eigenvalue weighted by Gasteiger charge is -2.26. The third-order valence-corrected chi connectivity index (χ3v) is 2.23. The van der Waals surface area contributed by atoms with Gasteiger partial charge in [-0.15, -0.1) is 0 Å². The molecule has 76 valence electrons. The summed E-state index contributed by atoms with van der Waals surface area (Å²) >= 11 is 0. The van der Waals surface area contributed by atoms with E-state index < -0.39 is 0 Å². The second kappa shape index (κ2) is 3.94. The van der Waals surface area contributed by atoms with E-state index in [1.165, 1.54) is 0 Å². The third kappa shape index (κ3) is 1.86. The van der Waals surface area contributed by atoms with Crippen LogP contribution in [0, 0.1) is 6.92 Å². The third-order valence-electron chi connectivity index (χ3n) is 2.23. The summed E-state index contributed by atoms with van der Waals surface area (Å²) in [4.78, 5) is 4.23. The molecule has 1 saturated heterocycles. The average Bonchev–Trinajstić information content (AvgIpc) is 2.12. The first-order chi connectivity index (χ1) is 6.79. The highest BCUT2D eigenvalue weighted by atomic mass is 16.6. The Kier molecular flexibility index (Phi) is 2.65. The smallest absolute Gasteiger partial charge is 0.213 e. The van der Waals surface area contributed by atoms with Gasteiger partial charge in [-0.25, -0.2) is 4.98 Å². The van der Waals surface area contributed by atoms with E-state index in [9.17, 15) is 0 Å². The van der Waals surface area contributed by atoms with Crippen molar-refractivity contribution in [2.45, 2.75) is 19.6 Å². The number of ether oxygens (including phenoxy) is 2. The molecule has 0 spiro atoms. The SMILES string of the molecule is Cc1nc(OC2COC2)ccc1CO. The summed E-state index contributed by atoms with van der Waals surface area (Å²) in [7, 11) is 0. The monoisotopic (exact) mass is 195 g/mol. The fourth-order valence-corrected chi connectivity index (χ4v) is 1.25. The number of nitrogens with zero attached hydrogens (tertiary/aromatic N) is 1. The van der Waals surface area contributed by atoms with Crippen molar-refractivity contribution < 1.29 is 14.6 Å². The fourth-order valence-electron chi connectivity index (χ4n) is 1.25. The molecule has 1 fully saturated rings. The summed E-state index contributed by atoms with van der Waals surface area (Å²) in [5.74, 6) is 0.605. The van der Waals surface area contributed by atoms with Crippen LogP contribution in [0.2, 0.25) is 0 Å². The zero-order chi connectivity index (χ0) is 9.97. The molecule has 0 unspecified atom stereocenters. The van der Waals surface area contributed by atoms with E-state index in [1.807, 2.05) is 13.0 Å². The van der Waals surface area contributed by atoms with Crippen LogP contribution >= 0.6 is 0 Å². The van der Waals surface area contributed by atoms with Gasteiger partial charge in [-0.05, 0) is 18.6 Å². The largest absolute Gasteiger partial charge is 0.469 e. The summed E-state index contributed by atoms with van der Waals surface area (Å²) in [6, 6.07) is 3.61. The van der Waals surface area contributed by atoms with Crippen molar-refractivity contribution in [3.63, 3.8) is 0 Å². The van der Waals surface area contributed by atoms with Crippen LogP contribution in [0.15, 0.2) is 12.1 Å². The first kappa shape index (κ1) is 9.43. The van der Waals surface area contributed by atoms with Crippen LogP contribution in [0.1, 0.15) is 11.3 Å². The van der Waals surface area contributed by atoms with Crippen molar-refractivity contribution in [3.05, 3.63) is 23.4 Å². The van der Waals surface area contributed by atoms with Crippen molar-refractivity contribution >= 4 is 0 Å². The molecular weight excluding hydrogens is 182 g/mol. The average molecular weight is 195 g/mol. The number of aryl methyl sites for hydroxylation is 1. The molecular formula is C10H13NO3. The number of hydrogen-bond acceptors (Lipinski definition) is 4. The maximum atomic E-state index is 8.95. The normalized spacial score (nSPS) is 16.4. The number of pyridine rings is 1. The highest BCUT2D eigenvalue weighted by Crippen LogP contribution is 2.16. The highest BCUT2D eigenvalue weighted by molar-refractivity contribution is 5.24. The van der Waals surface area contributed by atoms with Crippen LogP contribution in [0.3, 0.4) is 0 Å². The van der Waals surface area contributed by atoms with Crippen LogP contribution in [0.4, 0.5) is 0 Å². The predicted molar refractivity (Wildman–Crippen MR) is 50.1 cm³/mol. The molecule has 2 heterocycles. The van der Waals surface area contributed by atoms with Crippen molar-refractivity contribution in [3.8, 4) is 5.88 Å². The Morgan fingerprint density at radius 3 is 2.86 bits per heavy atom. The van der Waals surface area contributed by atoms with E-state index in [1.54, 1.807) is 6.07 Å². The summed E-state index contributed by atoms with van der Waals surface area (Å²) in [5, 5.41) is 8.95. The molecule has 0 bridgehead atoms. The highest BCUT2D eigenvalue weighted by Gasteiger charge is 2.20. The van der Waals surface area contributed by atoms with Crippen molar-refractivity contribution in [2.24, 2.45) is 0 Å². The number of hydrogen-bond donors (Lipinski definition) is 1. The standard InChI is InChI=1S/C10H13NO3/c1-7-8(4-12)2-3-10(11-7)14-9-5-13-6-9/h2-3,9,12H,4-6H2,1H3. The molecule has 4 heteroatoms. The minimum absolute atomic E-state index is 0.0195. The molecule has 1 aliphatic heterocycles. The maximum Gasteiger partial charge on any atom is 0.213 e. The molecule has 0 atom stereocenters. The zero-order valence-corrected chi connectivity index (χ0v) is 8.06. The Hall–Kier alpha value is -1.13. The molecule has 4 nitrogen and oxygen atoms in total. The molecule has 14 heavy (non-hydrogen) atoms. The van der Waals surface area contributed by atoms with Gasteiger partial charge in [0, 0.05) is 11.8 Å². The molecule has 0 aromatic carbocycles. The molecule has 0 aliphatic carbocycles. The van der Waals surface area contributed by atoms with Crippen LogP contribution < -0.4 is 4.74 Å². The van der Waals surface area contributed by atoms with E-state index in [-0.39, 0.29) is 12.7 Å². The van der Waals surface area contributed by atoms with Gasteiger partial charge in [0.25, 0.3) is 0 Å². The van der Waals surface area contributed by atoms with Crippen LogP contribution in [0.25, 0.3) is 0 Å². The van der Waals surface area contributed by atoms with Gasteiger partial charge in [-0.2, -0.15) is 0 Å². The minimum Gasteiger partial charge on any atom is -0.469 e. The van der Waals surface area contributed by atoms with E-state index in [0.29, 0.717) is 19.1 Å². The van der Waals surface area contributed by atoms with Gasteiger partial charge in [0.2, 0.25) is 5.88 Å². The number of aliphatic hydroxyl groups is 1. The molecule has 1 N–H and O–H groups in total. The molecule has 2 rings (SSSR count). The summed E-state index contributed by atoms with van der Waals surface area (Å²) in [6.07, 6.45) is 0.141. The predicted octanol–water partition coefficient (Wildman–Crippen LogP) is 0.660. The fraction of sp³-hybridized carbons (Fsp3) is 0.500. The topological polar surface area (TPSA) is 51.6 Å². The van der Waals surface area contributed by atoms with E-state index in [2.05, 4.69) is 4.98 Å². The van der Waals surface area contributed by atoms with Crippen molar-refractivity contribution in [1.29, 1.82) is 0 Å². The van der Waals surface area contributed by atoms with Gasteiger partial charge in [0.1, 0.15) is 6.10 Å². The summed E-state index contributed by atoms with van der Waals surface area (Å²) in [6.45, 7) is 3.16. The molecule has 0 saturated carbocycles. The molecule has 1 aromatic rings. The number of rotatable bonds is 3. The first-order valence-corrected chi connectivity index (χ1v) is 4.61. The number of aromatic nitrogens is 1. The van der Waals surface area contributed by atoms with Gasteiger partial charge in [0.05, 0.1) is 19.8 Å². The van der Waals surface area contributed by atoms with Crippen molar-refractivity contribution in [1.82, 2.24) is 4.98 Å². The van der Waals surface area contributed by atoms with E-state index in [4.69, 9.17) is 14.6 Å². The van der Waals surface area contributed by atoms with Gasteiger partial charge in [-0.3, -0.25) is 0 Å². The van der Waals surface area contributed by atoms with Crippen LogP contribution in [-0.2, 0) is 11.3 Å². The lowest BCUT2D eigenvalue weighted by molar-refractivity contribution is -0.0813. The second-order valence-electron chi connectivity index (χ2n) is 3.33. The molecule has 1 aliphatic rings. The molecule has 0 radical (unpaired) electrons. The summed E-state index contributed by atoms with van der Waals surface area (Å²) < 4.78 is 10.5. The first-order valence-electron chi connectivity index (χ1n) is 4.61. The Morgan fingerprint density at radius 2 is 2.36 bits per heavy atom. The Labute approximate surface area is 82.5 Å². The van der Waals surface area contributed by atoms with Crippen LogP contribution in [-0.4, -0.2) is 29.4 Å². The lowest BCUT2D eigenvalue weighted by atomic mass is 10.2. The maximum absolute atomic E-state index is 8.95. The van der Waals surface area contributed by atoms with Gasteiger partial charge < -0.3 is 14.6 Å². The molecule has 1 aromatic heterocycles.